The van der Waals surface area contributed by atoms with Gasteiger partial charge in [-0.15, -0.1) is 0 Å². The minimum atomic E-state index is -0.623. The molecule has 2 bridgehead atoms. The van der Waals surface area contributed by atoms with Crippen LogP contribution in [0.1, 0.15) is 44.9 Å². The van der Waals surface area contributed by atoms with Crippen molar-refractivity contribution in [3.8, 4) is 0 Å². The number of nitrogens with two attached hydrogens (primary N) is 1. The maximum atomic E-state index is 13.9. The molecule has 0 aromatic carbocycles. The summed E-state index contributed by atoms with van der Waals surface area (Å²) in [5.41, 5.74) is 5.70. The number of rotatable bonds is 2. The lowest BCUT2D eigenvalue weighted by Crippen LogP contribution is -2.68. The van der Waals surface area contributed by atoms with Gasteiger partial charge < -0.3 is 20.4 Å². The molecule has 1 aromatic rings. The summed E-state index contributed by atoms with van der Waals surface area (Å²) < 4.78 is 13.6. The second kappa shape index (κ2) is 7.56. The molecule has 2 N–H and O–H groups in total. The third kappa shape index (κ3) is 3.15. The molecule has 4 aliphatic heterocycles. The van der Waals surface area contributed by atoms with Crippen molar-refractivity contribution in [2.24, 2.45) is 23.7 Å². The zero-order chi connectivity index (χ0) is 22.0. The Morgan fingerprint density at radius 3 is 2.53 bits per heavy atom. The van der Waals surface area contributed by atoms with Crippen LogP contribution in [0.25, 0.3) is 0 Å². The maximum absolute atomic E-state index is 13.9. The Bertz CT molecular complexity index is 931. The van der Waals surface area contributed by atoms with Gasteiger partial charge in [0.2, 0.25) is 17.8 Å². The molecule has 5 fully saturated rings. The molecule has 0 spiro atoms. The molecular weight excluding hydrogens is 411 g/mol. The third-order valence-corrected chi connectivity index (χ3v) is 8.67. The van der Waals surface area contributed by atoms with Crippen molar-refractivity contribution in [2.45, 2.75) is 57.0 Å². The number of anilines is 2. The van der Waals surface area contributed by atoms with Crippen LogP contribution in [0.2, 0.25) is 0 Å². The second-order valence-corrected chi connectivity index (χ2v) is 10.5. The molecular formula is C23H31FN6O2. The topological polar surface area (TPSA) is 95.7 Å². The fourth-order valence-electron chi connectivity index (χ4n) is 7.26. The fraction of sp³-hybridized carbons (Fsp3) is 0.739. The first-order valence-electron chi connectivity index (χ1n) is 12.1. The average Bonchev–Trinajstić information content (AvgIpc) is 3.38. The van der Waals surface area contributed by atoms with Crippen LogP contribution in [0.4, 0.5) is 16.2 Å². The molecule has 1 aliphatic carbocycles. The Morgan fingerprint density at radius 2 is 1.78 bits per heavy atom. The lowest BCUT2D eigenvalue weighted by atomic mass is 9.71. The van der Waals surface area contributed by atoms with Gasteiger partial charge in [0.05, 0.1) is 6.20 Å². The smallest absolute Gasteiger partial charge is 0.245 e. The monoisotopic (exact) mass is 442 g/mol. The highest BCUT2D eigenvalue weighted by atomic mass is 19.1. The van der Waals surface area contributed by atoms with Crippen molar-refractivity contribution >= 4 is 23.6 Å². The Hall–Kier alpha value is -2.45. The third-order valence-electron chi connectivity index (χ3n) is 8.67. The summed E-state index contributed by atoms with van der Waals surface area (Å²) in [6.07, 6.45) is 8.08. The molecule has 32 heavy (non-hydrogen) atoms. The second-order valence-electron chi connectivity index (χ2n) is 10.5. The number of nitrogens with zero attached hydrogens (tertiary/aromatic N) is 5. The zero-order valence-corrected chi connectivity index (χ0v) is 18.3. The number of piperidine rings is 3. The summed E-state index contributed by atoms with van der Waals surface area (Å²) in [7, 11) is 0. The minimum absolute atomic E-state index is 0.0230. The molecule has 5 aliphatic rings. The first kappa shape index (κ1) is 20.2. The summed E-state index contributed by atoms with van der Waals surface area (Å²) in [6, 6.07) is -0.340. The minimum Gasteiger partial charge on any atom is -0.381 e. The van der Waals surface area contributed by atoms with Gasteiger partial charge in [-0.2, -0.15) is 4.98 Å². The number of fused-ring (bicyclic) bond motifs is 5. The van der Waals surface area contributed by atoms with Crippen molar-refractivity contribution in [3.05, 3.63) is 12.0 Å². The molecule has 6 atom stereocenters. The van der Waals surface area contributed by atoms with Gasteiger partial charge >= 0.3 is 0 Å². The predicted molar refractivity (Wildman–Crippen MR) is 116 cm³/mol. The van der Waals surface area contributed by atoms with Crippen LogP contribution >= 0.6 is 0 Å². The lowest BCUT2D eigenvalue weighted by Gasteiger charge is -2.56. The van der Waals surface area contributed by atoms with E-state index in [4.69, 9.17) is 5.73 Å². The molecule has 0 radical (unpaired) electrons. The molecule has 9 heteroatoms. The number of likely N-dealkylation sites (tertiary alicyclic amines) is 1. The van der Waals surface area contributed by atoms with Crippen LogP contribution in [-0.4, -0.2) is 69.8 Å². The number of halogens is 1. The molecule has 4 saturated heterocycles. The first-order chi connectivity index (χ1) is 15.5. The molecule has 0 unspecified atom stereocenters. The number of carbonyl (C=O) groups is 2. The van der Waals surface area contributed by atoms with Gasteiger partial charge in [-0.1, -0.05) is 6.42 Å². The molecule has 6 rings (SSSR count). The normalized spacial score (nSPS) is 36.3. The zero-order valence-electron chi connectivity index (χ0n) is 18.3. The SMILES string of the molecule is Nc1nc(N2C[C@@H]3C[C@H](C2)[C@H](C(=O)N2C[C@H]4CCC[C@H]4C2)N2C(=O)CCC[C@@H]32)ncc1F. The first-order valence-corrected chi connectivity index (χ1v) is 12.1. The Kier molecular flexibility index (Phi) is 4.76. The lowest BCUT2D eigenvalue weighted by molar-refractivity contribution is -0.160. The van der Waals surface area contributed by atoms with Gasteiger partial charge in [0.1, 0.15) is 6.04 Å². The number of hydrogen-bond acceptors (Lipinski definition) is 6. The van der Waals surface area contributed by atoms with Gasteiger partial charge in [-0.3, -0.25) is 9.59 Å². The molecule has 1 saturated carbocycles. The van der Waals surface area contributed by atoms with Crippen LogP contribution in [0.15, 0.2) is 6.20 Å². The van der Waals surface area contributed by atoms with E-state index >= 15 is 0 Å². The summed E-state index contributed by atoms with van der Waals surface area (Å²) in [6.45, 7) is 2.95. The highest BCUT2D eigenvalue weighted by Gasteiger charge is 2.54. The molecule has 2 amide bonds. The van der Waals surface area contributed by atoms with E-state index < -0.39 is 11.9 Å². The van der Waals surface area contributed by atoms with Crippen LogP contribution in [0.5, 0.6) is 0 Å². The standard InChI is InChI=1S/C23H31FN6O2/c24-17-8-26-23(27-21(17)25)29-11-15-7-16(12-29)20(30-18(15)5-2-6-19(30)31)22(32)28-9-13-3-1-4-14(13)10-28/h8,13-16,18,20H,1-7,9-12H2,(H2,25,26,27)/t13-,14+,15-,16+,18-,20+/m0/s1. The number of aromatic nitrogens is 2. The van der Waals surface area contributed by atoms with E-state index in [1.54, 1.807) is 0 Å². The van der Waals surface area contributed by atoms with Crippen LogP contribution in [0, 0.1) is 29.5 Å². The van der Waals surface area contributed by atoms with E-state index in [9.17, 15) is 14.0 Å². The Morgan fingerprint density at radius 1 is 1.03 bits per heavy atom. The van der Waals surface area contributed by atoms with E-state index in [2.05, 4.69) is 9.97 Å². The molecule has 8 nitrogen and oxygen atoms in total. The van der Waals surface area contributed by atoms with Crippen molar-refractivity contribution < 1.29 is 14.0 Å². The van der Waals surface area contributed by atoms with Gasteiger partial charge in [-0.05, 0) is 49.9 Å². The van der Waals surface area contributed by atoms with Gasteiger partial charge in [0, 0.05) is 44.6 Å². The number of carbonyl (C=O) groups excluding carboxylic acids is 2. The van der Waals surface area contributed by atoms with E-state index in [-0.39, 0.29) is 35.5 Å². The Labute approximate surface area is 187 Å². The van der Waals surface area contributed by atoms with Crippen molar-refractivity contribution in [3.63, 3.8) is 0 Å². The van der Waals surface area contributed by atoms with E-state index in [1.807, 2.05) is 14.7 Å². The number of nitrogen functional groups attached to an aromatic ring is 1. The van der Waals surface area contributed by atoms with Crippen molar-refractivity contribution in [2.75, 3.05) is 36.8 Å². The molecule has 1 aromatic heterocycles. The van der Waals surface area contributed by atoms with E-state index in [0.29, 0.717) is 37.3 Å². The predicted octanol–water partition coefficient (Wildman–Crippen LogP) is 1.66. The summed E-state index contributed by atoms with van der Waals surface area (Å²) in [4.78, 5) is 41.4. The fourth-order valence-corrected chi connectivity index (χ4v) is 7.26. The average molecular weight is 443 g/mol. The van der Waals surface area contributed by atoms with Gasteiger partial charge in [-0.25, -0.2) is 9.37 Å². The van der Waals surface area contributed by atoms with Gasteiger partial charge in [0.15, 0.2) is 11.6 Å². The molecule has 172 valence electrons. The summed E-state index contributed by atoms with van der Waals surface area (Å²) in [5.74, 6) is 1.43. The summed E-state index contributed by atoms with van der Waals surface area (Å²) >= 11 is 0. The molecule has 5 heterocycles. The van der Waals surface area contributed by atoms with Crippen LogP contribution in [0.3, 0.4) is 0 Å². The largest absolute Gasteiger partial charge is 0.381 e. The Balaban J connectivity index is 1.30. The highest BCUT2D eigenvalue weighted by Crippen LogP contribution is 2.44. The van der Waals surface area contributed by atoms with Crippen LogP contribution in [-0.2, 0) is 9.59 Å². The van der Waals surface area contributed by atoms with Crippen molar-refractivity contribution in [1.29, 1.82) is 0 Å². The van der Waals surface area contributed by atoms with E-state index in [0.717, 1.165) is 38.5 Å². The van der Waals surface area contributed by atoms with Crippen molar-refractivity contribution in [1.82, 2.24) is 19.8 Å². The van der Waals surface area contributed by atoms with Gasteiger partial charge in [0.25, 0.3) is 0 Å². The maximum Gasteiger partial charge on any atom is 0.245 e. The quantitative estimate of drug-likeness (QED) is 0.749. The summed E-state index contributed by atoms with van der Waals surface area (Å²) in [5, 5.41) is 0. The van der Waals surface area contributed by atoms with E-state index in [1.165, 1.54) is 19.3 Å². The number of amides is 2. The van der Waals surface area contributed by atoms with Crippen LogP contribution < -0.4 is 10.6 Å². The highest BCUT2D eigenvalue weighted by molar-refractivity contribution is 5.89. The number of hydrogen-bond donors (Lipinski definition) is 1.